The lowest BCUT2D eigenvalue weighted by atomic mass is 10.1. The van der Waals surface area contributed by atoms with Gasteiger partial charge in [0.15, 0.2) is 0 Å². The Balaban J connectivity index is 2.18. The molecule has 2 rings (SSSR count). The Kier molecular flexibility index (Phi) is 4.34. The number of hydrogen-bond acceptors (Lipinski definition) is 2. The molecule has 2 aromatic carbocycles. The standard InChI is InChI=1S/C18H25NO/c1-13(2)19-17-9-8-15-10-14(6-7-16(15)11-17)12-20-18(3,4)5/h6-11,13,19H,12H2,1-5H3. The second kappa shape index (κ2) is 5.84. The van der Waals surface area contributed by atoms with E-state index in [1.807, 2.05) is 0 Å². The van der Waals surface area contributed by atoms with Crippen molar-refractivity contribution in [3.05, 3.63) is 42.0 Å². The monoisotopic (exact) mass is 271 g/mol. The SMILES string of the molecule is CC(C)Nc1ccc2cc(COC(C)(C)C)ccc2c1. The van der Waals surface area contributed by atoms with Crippen molar-refractivity contribution in [2.24, 2.45) is 0 Å². The lowest BCUT2D eigenvalue weighted by Crippen LogP contribution is -2.18. The molecule has 108 valence electrons. The highest BCUT2D eigenvalue weighted by Crippen LogP contribution is 2.22. The zero-order chi connectivity index (χ0) is 14.8. The summed E-state index contributed by atoms with van der Waals surface area (Å²) in [6.45, 7) is 11.2. The van der Waals surface area contributed by atoms with E-state index < -0.39 is 0 Å². The molecule has 0 radical (unpaired) electrons. The maximum Gasteiger partial charge on any atom is 0.0724 e. The topological polar surface area (TPSA) is 21.3 Å². The molecule has 20 heavy (non-hydrogen) atoms. The van der Waals surface area contributed by atoms with Gasteiger partial charge in [-0.1, -0.05) is 18.2 Å². The summed E-state index contributed by atoms with van der Waals surface area (Å²) >= 11 is 0. The van der Waals surface area contributed by atoms with Crippen LogP contribution in [0.3, 0.4) is 0 Å². The molecule has 0 saturated heterocycles. The Morgan fingerprint density at radius 3 is 2.30 bits per heavy atom. The van der Waals surface area contributed by atoms with E-state index in [0.29, 0.717) is 12.6 Å². The average Bonchev–Trinajstić information content (AvgIpc) is 2.34. The third-order valence-electron chi connectivity index (χ3n) is 3.03. The van der Waals surface area contributed by atoms with E-state index >= 15 is 0 Å². The maximum atomic E-state index is 5.83. The summed E-state index contributed by atoms with van der Waals surface area (Å²) in [6.07, 6.45) is 0. The zero-order valence-electron chi connectivity index (χ0n) is 13.2. The molecule has 0 aliphatic carbocycles. The average molecular weight is 271 g/mol. The second-order valence-corrected chi connectivity index (χ2v) is 6.60. The highest BCUT2D eigenvalue weighted by atomic mass is 16.5. The summed E-state index contributed by atoms with van der Waals surface area (Å²) in [5.41, 5.74) is 2.29. The van der Waals surface area contributed by atoms with Crippen molar-refractivity contribution >= 4 is 16.5 Å². The van der Waals surface area contributed by atoms with Gasteiger partial charge >= 0.3 is 0 Å². The summed E-state index contributed by atoms with van der Waals surface area (Å²) in [4.78, 5) is 0. The number of anilines is 1. The lowest BCUT2D eigenvalue weighted by molar-refractivity contribution is -0.0149. The van der Waals surface area contributed by atoms with Gasteiger partial charge in [-0.3, -0.25) is 0 Å². The van der Waals surface area contributed by atoms with Crippen LogP contribution in [0, 0.1) is 0 Å². The van der Waals surface area contributed by atoms with Crippen molar-refractivity contribution in [2.75, 3.05) is 5.32 Å². The number of hydrogen-bond donors (Lipinski definition) is 1. The first kappa shape index (κ1) is 14.9. The van der Waals surface area contributed by atoms with Gasteiger partial charge in [0.1, 0.15) is 0 Å². The van der Waals surface area contributed by atoms with Crippen molar-refractivity contribution < 1.29 is 4.74 Å². The molecular formula is C18H25NO. The van der Waals surface area contributed by atoms with E-state index in [0.717, 1.165) is 0 Å². The number of rotatable bonds is 4. The van der Waals surface area contributed by atoms with Crippen LogP contribution in [0.1, 0.15) is 40.2 Å². The summed E-state index contributed by atoms with van der Waals surface area (Å²) in [5, 5.41) is 5.95. The largest absolute Gasteiger partial charge is 0.383 e. The molecule has 0 fully saturated rings. The molecule has 0 heterocycles. The first-order chi connectivity index (χ1) is 9.33. The van der Waals surface area contributed by atoms with Gasteiger partial charge in [0, 0.05) is 11.7 Å². The van der Waals surface area contributed by atoms with Gasteiger partial charge in [-0.15, -0.1) is 0 Å². The fourth-order valence-electron chi connectivity index (χ4n) is 2.11. The van der Waals surface area contributed by atoms with Gasteiger partial charge < -0.3 is 10.1 Å². The fraction of sp³-hybridized carbons (Fsp3) is 0.444. The Labute approximate surface area is 122 Å². The molecule has 0 atom stereocenters. The van der Waals surface area contributed by atoms with Gasteiger partial charge in [-0.25, -0.2) is 0 Å². The van der Waals surface area contributed by atoms with Gasteiger partial charge in [-0.05, 0) is 69.2 Å². The molecule has 0 aliphatic rings. The molecule has 2 aromatic rings. The maximum absolute atomic E-state index is 5.83. The molecule has 0 aromatic heterocycles. The summed E-state index contributed by atoms with van der Waals surface area (Å²) in [7, 11) is 0. The third-order valence-corrected chi connectivity index (χ3v) is 3.03. The molecule has 0 bridgehead atoms. The van der Waals surface area contributed by atoms with Crippen LogP contribution >= 0.6 is 0 Å². The Morgan fingerprint density at radius 1 is 1.00 bits per heavy atom. The van der Waals surface area contributed by atoms with Crippen molar-refractivity contribution in [3.63, 3.8) is 0 Å². The van der Waals surface area contributed by atoms with Crippen LogP contribution in [0.4, 0.5) is 5.69 Å². The minimum Gasteiger partial charge on any atom is -0.383 e. The molecule has 0 spiro atoms. The molecule has 1 N–H and O–H groups in total. The summed E-state index contributed by atoms with van der Waals surface area (Å²) in [6, 6.07) is 13.5. The summed E-state index contributed by atoms with van der Waals surface area (Å²) in [5.74, 6) is 0. The number of fused-ring (bicyclic) bond motifs is 1. The van der Waals surface area contributed by atoms with Gasteiger partial charge in [0.2, 0.25) is 0 Å². The van der Waals surface area contributed by atoms with Crippen molar-refractivity contribution in [1.29, 1.82) is 0 Å². The zero-order valence-corrected chi connectivity index (χ0v) is 13.2. The number of ether oxygens (including phenoxy) is 1. The quantitative estimate of drug-likeness (QED) is 0.847. The Bertz CT molecular complexity index is 581. The first-order valence-electron chi connectivity index (χ1n) is 7.27. The van der Waals surface area contributed by atoms with Crippen LogP contribution in [0.25, 0.3) is 10.8 Å². The summed E-state index contributed by atoms with van der Waals surface area (Å²) < 4.78 is 5.83. The van der Waals surface area contributed by atoms with Crippen LogP contribution in [0.5, 0.6) is 0 Å². The van der Waals surface area contributed by atoms with Crippen LogP contribution in [0.15, 0.2) is 36.4 Å². The molecule has 0 aliphatic heterocycles. The molecule has 2 heteroatoms. The second-order valence-electron chi connectivity index (χ2n) is 6.60. The molecule has 2 nitrogen and oxygen atoms in total. The van der Waals surface area contributed by atoms with Gasteiger partial charge in [-0.2, -0.15) is 0 Å². The van der Waals surface area contributed by atoms with E-state index in [2.05, 4.69) is 76.3 Å². The van der Waals surface area contributed by atoms with Crippen molar-refractivity contribution in [2.45, 2.75) is 52.9 Å². The molecular weight excluding hydrogens is 246 g/mol. The third kappa shape index (κ3) is 4.24. The van der Waals surface area contributed by atoms with Crippen molar-refractivity contribution in [3.8, 4) is 0 Å². The molecule has 0 unspecified atom stereocenters. The Morgan fingerprint density at radius 2 is 1.65 bits per heavy atom. The highest BCUT2D eigenvalue weighted by Gasteiger charge is 2.10. The first-order valence-corrected chi connectivity index (χ1v) is 7.27. The van der Waals surface area contributed by atoms with Gasteiger partial charge in [0.05, 0.1) is 12.2 Å². The molecule has 0 saturated carbocycles. The van der Waals surface area contributed by atoms with Crippen LogP contribution in [-0.4, -0.2) is 11.6 Å². The smallest absolute Gasteiger partial charge is 0.0724 e. The van der Waals surface area contributed by atoms with Gasteiger partial charge in [0.25, 0.3) is 0 Å². The van der Waals surface area contributed by atoms with E-state index in [-0.39, 0.29) is 5.60 Å². The highest BCUT2D eigenvalue weighted by molar-refractivity contribution is 5.86. The number of benzene rings is 2. The van der Waals surface area contributed by atoms with Crippen LogP contribution in [-0.2, 0) is 11.3 Å². The number of nitrogens with one attached hydrogen (secondary N) is 1. The van der Waals surface area contributed by atoms with Crippen molar-refractivity contribution in [1.82, 2.24) is 0 Å². The van der Waals surface area contributed by atoms with Crippen LogP contribution in [0.2, 0.25) is 0 Å². The predicted octanol–water partition coefficient (Wildman–Crippen LogP) is 4.98. The van der Waals surface area contributed by atoms with E-state index in [4.69, 9.17) is 4.74 Å². The predicted molar refractivity (Wildman–Crippen MR) is 87.2 cm³/mol. The minimum absolute atomic E-state index is 0.0972. The van der Waals surface area contributed by atoms with E-state index in [1.54, 1.807) is 0 Å². The Hall–Kier alpha value is -1.54. The normalized spacial score (nSPS) is 12.1. The fourth-order valence-corrected chi connectivity index (χ4v) is 2.11. The van der Waals surface area contributed by atoms with E-state index in [1.165, 1.54) is 22.0 Å². The minimum atomic E-state index is -0.0972. The van der Waals surface area contributed by atoms with Crippen LogP contribution < -0.4 is 5.32 Å². The van der Waals surface area contributed by atoms with E-state index in [9.17, 15) is 0 Å². The lowest BCUT2D eigenvalue weighted by Gasteiger charge is -2.19. The molecule has 0 amide bonds.